The second-order valence-corrected chi connectivity index (χ2v) is 3.69. The fourth-order valence-corrected chi connectivity index (χ4v) is 1.53. The molecular formula is C13H11N3O3. The molecule has 0 saturated carbocycles. The molecule has 1 aromatic heterocycles. The van der Waals surface area contributed by atoms with Gasteiger partial charge in [0.05, 0.1) is 6.20 Å². The number of anilines is 1. The summed E-state index contributed by atoms with van der Waals surface area (Å²) >= 11 is 0. The molecule has 19 heavy (non-hydrogen) atoms. The van der Waals surface area contributed by atoms with Crippen molar-refractivity contribution in [1.29, 1.82) is 0 Å². The first-order chi connectivity index (χ1) is 9.16. The zero-order chi connectivity index (χ0) is 13.7. The molecule has 96 valence electrons. The van der Waals surface area contributed by atoms with Crippen LogP contribution in [0.25, 0.3) is 11.1 Å². The highest BCUT2D eigenvalue weighted by molar-refractivity contribution is 6.03. The van der Waals surface area contributed by atoms with E-state index in [9.17, 15) is 9.59 Å². The van der Waals surface area contributed by atoms with E-state index in [1.165, 1.54) is 0 Å². The lowest BCUT2D eigenvalue weighted by Gasteiger charge is -2.03. The maximum atomic E-state index is 11.5. The summed E-state index contributed by atoms with van der Waals surface area (Å²) in [7, 11) is 0. The molecule has 0 aliphatic rings. The highest BCUT2D eigenvalue weighted by Crippen LogP contribution is 2.25. The molecule has 0 saturated heterocycles. The van der Waals surface area contributed by atoms with Gasteiger partial charge in [-0.25, -0.2) is 4.79 Å². The van der Waals surface area contributed by atoms with Crippen LogP contribution in [0.5, 0.6) is 0 Å². The average molecular weight is 257 g/mol. The van der Waals surface area contributed by atoms with Crippen molar-refractivity contribution in [2.24, 2.45) is 0 Å². The molecule has 0 aliphatic carbocycles. The van der Waals surface area contributed by atoms with Crippen molar-refractivity contribution in [1.82, 2.24) is 10.2 Å². The maximum absolute atomic E-state index is 11.5. The Morgan fingerprint density at radius 3 is 2.63 bits per heavy atom. The SMILES string of the molecule is O=C(O)C=CC(=O)Nc1[nH]ncc1-c1ccccc1. The van der Waals surface area contributed by atoms with Gasteiger partial charge in [-0.3, -0.25) is 9.89 Å². The van der Waals surface area contributed by atoms with Gasteiger partial charge in [0.25, 0.3) is 0 Å². The van der Waals surface area contributed by atoms with Crippen LogP contribution in [-0.4, -0.2) is 27.2 Å². The van der Waals surface area contributed by atoms with Crippen molar-refractivity contribution in [3.63, 3.8) is 0 Å². The monoisotopic (exact) mass is 257 g/mol. The largest absolute Gasteiger partial charge is 0.478 e. The molecule has 0 fully saturated rings. The number of rotatable bonds is 4. The first-order valence-corrected chi connectivity index (χ1v) is 5.47. The number of aromatic amines is 1. The number of aliphatic carboxylic acids is 1. The molecule has 2 aromatic rings. The van der Waals surface area contributed by atoms with E-state index in [0.29, 0.717) is 5.82 Å². The minimum atomic E-state index is -1.18. The van der Waals surface area contributed by atoms with Gasteiger partial charge in [-0.2, -0.15) is 5.10 Å². The van der Waals surface area contributed by atoms with Crippen LogP contribution in [0.1, 0.15) is 0 Å². The molecule has 0 bridgehead atoms. The topological polar surface area (TPSA) is 95.1 Å². The number of carbonyl (C=O) groups excluding carboxylic acids is 1. The lowest BCUT2D eigenvalue weighted by Crippen LogP contribution is -2.09. The van der Waals surface area contributed by atoms with Crippen LogP contribution in [-0.2, 0) is 9.59 Å². The van der Waals surface area contributed by atoms with Crippen molar-refractivity contribution < 1.29 is 14.7 Å². The van der Waals surface area contributed by atoms with Gasteiger partial charge in [0, 0.05) is 17.7 Å². The predicted molar refractivity (Wildman–Crippen MR) is 69.4 cm³/mol. The number of carboxylic acids is 1. The number of benzene rings is 1. The minimum Gasteiger partial charge on any atom is -0.478 e. The Hall–Kier alpha value is -2.89. The highest BCUT2D eigenvalue weighted by Gasteiger charge is 2.09. The molecule has 0 radical (unpaired) electrons. The van der Waals surface area contributed by atoms with Gasteiger partial charge in [-0.1, -0.05) is 30.3 Å². The molecular weight excluding hydrogens is 246 g/mol. The van der Waals surface area contributed by atoms with E-state index in [0.717, 1.165) is 23.3 Å². The average Bonchev–Trinajstić information content (AvgIpc) is 2.85. The Balaban J connectivity index is 2.17. The maximum Gasteiger partial charge on any atom is 0.328 e. The predicted octanol–water partition coefficient (Wildman–Crippen LogP) is 1.66. The van der Waals surface area contributed by atoms with Crippen molar-refractivity contribution in [3.05, 3.63) is 48.7 Å². The Morgan fingerprint density at radius 2 is 1.95 bits per heavy atom. The van der Waals surface area contributed by atoms with Crippen LogP contribution in [0.3, 0.4) is 0 Å². The molecule has 0 atom stereocenters. The number of carbonyl (C=O) groups is 2. The van der Waals surface area contributed by atoms with Crippen LogP contribution >= 0.6 is 0 Å². The summed E-state index contributed by atoms with van der Waals surface area (Å²) in [6.45, 7) is 0. The molecule has 0 spiro atoms. The number of H-pyrrole nitrogens is 1. The van der Waals surface area contributed by atoms with E-state index in [1.807, 2.05) is 30.3 Å². The molecule has 1 heterocycles. The Morgan fingerprint density at radius 1 is 1.21 bits per heavy atom. The van der Waals surface area contributed by atoms with Gasteiger partial charge in [0.15, 0.2) is 0 Å². The molecule has 2 rings (SSSR count). The number of hydrogen-bond acceptors (Lipinski definition) is 3. The van der Waals surface area contributed by atoms with E-state index in [4.69, 9.17) is 5.11 Å². The molecule has 1 amide bonds. The van der Waals surface area contributed by atoms with E-state index in [2.05, 4.69) is 15.5 Å². The standard InChI is InChI=1S/C13H11N3O3/c17-11(6-7-12(18)19)15-13-10(8-14-16-13)9-4-2-1-3-5-9/h1-8H,(H,18,19)(H2,14,15,16,17). The lowest BCUT2D eigenvalue weighted by atomic mass is 10.1. The third kappa shape index (κ3) is 3.29. The van der Waals surface area contributed by atoms with Gasteiger partial charge in [0.1, 0.15) is 5.82 Å². The second kappa shape index (κ2) is 5.63. The fraction of sp³-hybridized carbons (Fsp3) is 0. The fourth-order valence-electron chi connectivity index (χ4n) is 1.53. The molecule has 6 nitrogen and oxygen atoms in total. The van der Waals surface area contributed by atoms with Gasteiger partial charge in [-0.15, -0.1) is 0 Å². The van der Waals surface area contributed by atoms with Gasteiger partial charge in [-0.05, 0) is 5.56 Å². The summed E-state index contributed by atoms with van der Waals surface area (Å²) in [6.07, 6.45) is 3.30. The third-order valence-corrected chi connectivity index (χ3v) is 2.35. The van der Waals surface area contributed by atoms with Crippen molar-refractivity contribution in [3.8, 4) is 11.1 Å². The zero-order valence-electron chi connectivity index (χ0n) is 9.83. The molecule has 1 aromatic carbocycles. The highest BCUT2D eigenvalue weighted by atomic mass is 16.4. The normalized spacial score (nSPS) is 10.5. The summed E-state index contributed by atoms with van der Waals surface area (Å²) in [4.78, 5) is 21.8. The summed E-state index contributed by atoms with van der Waals surface area (Å²) in [5.41, 5.74) is 1.63. The Labute approximate surface area is 108 Å². The number of amides is 1. The number of nitrogens with one attached hydrogen (secondary N) is 2. The minimum absolute atomic E-state index is 0.422. The van der Waals surface area contributed by atoms with Crippen LogP contribution < -0.4 is 5.32 Å². The van der Waals surface area contributed by atoms with E-state index >= 15 is 0 Å². The van der Waals surface area contributed by atoms with Crippen molar-refractivity contribution in [2.45, 2.75) is 0 Å². The molecule has 0 aliphatic heterocycles. The second-order valence-electron chi connectivity index (χ2n) is 3.69. The molecule has 0 unspecified atom stereocenters. The summed E-state index contributed by atoms with van der Waals surface area (Å²) < 4.78 is 0. The Bertz CT molecular complexity index is 617. The van der Waals surface area contributed by atoms with Crippen molar-refractivity contribution in [2.75, 3.05) is 5.32 Å². The first kappa shape index (κ1) is 12.6. The van der Waals surface area contributed by atoms with E-state index in [-0.39, 0.29) is 0 Å². The van der Waals surface area contributed by atoms with Crippen LogP contribution in [0, 0.1) is 0 Å². The number of aromatic nitrogens is 2. The van der Waals surface area contributed by atoms with Gasteiger partial charge < -0.3 is 10.4 Å². The summed E-state index contributed by atoms with van der Waals surface area (Å²) in [5, 5.41) is 17.5. The zero-order valence-corrected chi connectivity index (χ0v) is 9.83. The number of hydrogen-bond donors (Lipinski definition) is 3. The van der Waals surface area contributed by atoms with E-state index < -0.39 is 11.9 Å². The number of nitrogens with zero attached hydrogens (tertiary/aromatic N) is 1. The summed E-state index contributed by atoms with van der Waals surface area (Å²) in [5.74, 6) is -1.29. The quantitative estimate of drug-likeness (QED) is 0.726. The van der Waals surface area contributed by atoms with E-state index in [1.54, 1.807) is 6.20 Å². The first-order valence-electron chi connectivity index (χ1n) is 5.47. The third-order valence-electron chi connectivity index (χ3n) is 2.35. The molecule has 6 heteroatoms. The summed E-state index contributed by atoms with van der Waals surface area (Å²) in [6, 6.07) is 9.40. The van der Waals surface area contributed by atoms with Crippen molar-refractivity contribution >= 4 is 17.7 Å². The molecule has 3 N–H and O–H groups in total. The smallest absolute Gasteiger partial charge is 0.328 e. The van der Waals surface area contributed by atoms with Crippen LogP contribution in [0.4, 0.5) is 5.82 Å². The van der Waals surface area contributed by atoms with Crippen LogP contribution in [0.2, 0.25) is 0 Å². The van der Waals surface area contributed by atoms with Gasteiger partial charge in [0.2, 0.25) is 5.91 Å². The lowest BCUT2D eigenvalue weighted by molar-refractivity contribution is -0.131. The van der Waals surface area contributed by atoms with Crippen LogP contribution in [0.15, 0.2) is 48.7 Å². The Kier molecular flexibility index (Phi) is 3.72. The van der Waals surface area contributed by atoms with Gasteiger partial charge >= 0.3 is 5.97 Å². The number of carboxylic acid groups (broad SMARTS) is 1.